The number of methoxy groups -OCH3 is 3. The van der Waals surface area contributed by atoms with Gasteiger partial charge in [-0.15, -0.1) is 0 Å². The number of nitrogens with zero attached hydrogens (tertiary/aromatic N) is 2. The van der Waals surface area contributed by atoms with E-state index in [4.69, 9.17) is 25.8 Å². The van der Waals surface area contributed by atoms with E-state index < -0.39 is 15.7 Å². The quantitative estimate of drug-likeness (QED) is 0.689. The Morgan fingerprint density at radius 3 is 2.59 bits per heavy atom. The molecule has 0 aromatic heterocycles. The summed E-state index contributed by atoms with van der Waals surface area (Å²) in [5, 5.41) is 0.515. The number of sulfone groups is 1. The van der Waals surface area contributed by atoms with Crippen molar-refractivity contribution < 1.29 is 27.4 Å². The number of amides is 1. The second-order valence-corrected chi connectivity index (χ2v) is 9.82. The lowest BCUT2D eigenvalue weighted by Gasteiger charge is -2.26. The highest BCUT2D eigenvalue weighted by atomic mass is 35.5. The van der Waals surface area contributed by atoms with Crippen LogP contribution in [0.15, 0.2) is 17.1 Å². The predicted octanol–water partition coefficient (Wildman–Crippen LogP) is 1.60. The van der Waals surface area contributed by atoms with Crippen LogP contribution in [0.2, 0.25) is 5.02 Å². The Kier molecular flexibility index (Phi) is 5.90. The van der Waals surface area contributed by atoms with Crippen LogP contribution >= 0.6 is 23.4 Å². The summed E-state index contributed by atoms with van der Waals surface area (Å²) in [6.07, 6.45) is 0. The average Bonchev–Trinajstić information content (AvgIpc) is 3.05. The van der Waals surface area contributed by atoms with Gasteiger partial charge >= 0.3 is 0 Å². The fraction of sp³-hybridized carbons (Fsp3) is 0.500. The molecule has 0 spiro atoms. The van der Waals surface area contributed by atoms with Crippen LogP contribution in [-0.2, 0) is 19.4 Å². The van der Waals surface area contributed by atoms with Crippen LogP contribution in [0.1, 0.15) is 0 Å². The van der Waals surface area contributed by atoms with Gasteiger partial charge in [0.15, 0.2) is 15.0 Å². The Morgan fingerprint density at radius 1 is 1.26 bits per heavy atom. The standard InChI is InChI=1S/C16H19ClN2O6S2/c1-23-6-15(20)18-16-19(11-7-27(21,22)8-14(11)26-16)10-4-9(17)12(24-2)5-13(10)25-3/h4-5,11,14H,6-8H2,1-3H3/t11-,14-/m0/s1. The molecular formula is C16H19ClN2O6S2. The number of aliphatic imine (C=N–C) groups is 1. The first-order chi connectivity index (χ1) is 12.8. The minimum atomic E-state index is -3.18. The number of ether oxygens (including phenoxy) is 3. The number of amidine groups is 1. The molecule has 148 valence electrons. The van der Waals surface area contributed by atoms with E-state index in [1.54, 1.807) is 17.0 Å². The zero-order chi connectivity index (χ0) is 19.8. The summed E-state index contributed by atoms with van der Waals surface area (Å²) in [4.78, 5) is 17.8. The smallest absolute Gasteiger partial charge is 0.274 e. The number of hydrogen-bond acceptors (Lipinski definition) is 7. The highest BCUT2D eigenvalue weighted by molar-refractivity contribution is 8.16. The lowest BCUT2D eigenvalue weighted by atomic mass is 10.2. The first kappa shape index (κ1) is 20.2. The normalized spacial score (nSPS) is 24.9. The number of benzene rings is 1. The van der Waals surface area contributed by atoms with Gasteiger partial charge in [-0.2, -0.15) is 4.99 Å². The van der Waals surface area contributed by atoms with Crippen molar-refractivity contribution in [3.63, 3.8) is 0 Å². The van der Waals surface area contributed by atoms with E-state index in [1.807, 2.05) is 0 Å². The fourth-order valence-electron chi connectivity index (χ4n) is 3.14. The lowest BCUT2D eigenvalue weighted by Crippen LogP contribution is -2.38. The molecule has 0 aliphatic carbocycles. The zero-order valence-corrected chi connectivity index (χ0v) is 17.4. The largest absolute Gasteiger partial charge is 0.495 e. The van der Waals surface area contributed by atoms with Gasteiger partial charge in [0.1, 0.15) is 18.1 Å². The number of carbonyl (C=O) groups is 1. The molecule has 0 radical (unpaired) electrons. The molecule has 2 fully saturated rings. The van der Waals surface area contributed by atoms with Gasteiger partial charge < -0.3 is 19.1 Å². The van der Waals surface area contributed by atoms with E-state index in [0.29, 0.717) is 27.4 Å². The van der Waals surface area contributed by atoms with Crippen LogP contribution in [0.3, 0.4) is 0 Å². The van der Waals surface area contributed by atoms with Crippen molar-refractivity contribution in [3.8, 4) is 11.5 Å². The summed E-state index contributed by atoms with van der Waals surface area (Å²) in [7, 11) is 1.21. The Balaban J connectivity index is 2.10. The molecule has 2 aliphatic rings. The van der Waals surface area contributed by atoms with E-state index >= 15 is 0 Å². The van der Waals surface area contributed by atoms with Crippen molar-refractivity contribution in [1.29, 1.82) is 0 Å². The van der Waals surface area contributed by atoms with E-state index in [0.717, 1.165) is 0 Å². The molecule has 1 amide bonds. The Hall–Kier alpha value is -1.49. The summed E-state index contributed by atoms with van der Waals surface area (Å²) in [6, 6.07) is 2.88. The van der Waals surface area contributed by atoms with Crippen LogP contribution in [0.4, 0.5) is 5.69 Å². The maximum atomic E-state index is 12.1. The summed E-state index contributed by atoms with van der Waals surface area (Å²) in [5.41, 5.74) is 0.532. The third-order valence-electron chi connectivity index (χ3n) is 4.27. The molecule has 2 saturated heterocycles. The maximum Gasteiger partial charge on any atom is 0.274 e. The SMILES string of the molecule is COCC(=O)N=C1S[C@H]2CS(=O)(=O)C[C@@H]2N1c1cc(Cl)c(OC)cc1OC. The van der Waals surface area contributed by atoms with Crippen LogP contribution in [0.5, 0.6) is 11.5 Å². The zero-order valence-electron chi connectivity index (χ0n) is 15.0. The molecule has 0 unspecified atom stereocenters. The summed E-state index contributed by atoms with van der Waals surface area (Å²) in [5.74, 6) is 0.408. The molecule has 8 nitrogen and oxygen atoms in total. The van der Waals surface area contributed by atoms with Crippen molar-refractivity contribution in [1.82, 2.24) is 0 Å². The summed E-state index contributed by atoms with van der Waals surface area (Å²) in [6.45, 7) is -0.161. The molecule has 2 aliphatic heterocycles. The Labute approximate surface area is 166 Å². The fourth-order valence-corrected chi connectivity index (χ4v) is 7.30. The van der Waals surface area contributed by atoms with Crippen molar-refractivity contribution in [2.24, 2.45) is 4.99 Å². The molecular weight excluding hydrogens is 416 g/mol. The highest BCUT2D eigenvalue weighted by Crippen LogP contribution is 2.46. The van der Waals surface area contributed by atoms with Crippen LogP contribution in [0.25, 0.3) is 0 Å². The number of anilines is 1. The molecule has 1 aromatic rings. The minimum absolute atomic E-state index is 0.0303. The predicted molar refractivity (Wildman–Crippen MR) is 105 cm³/mol. The Bertz CT molecular complexity index is 889. The van der Waals surface area contributed by atoms with Crippen molar-refractivity contribution in [3.05, 3.63) is 17.2 Å². The topological polar surface area (TPSA) is 94.5 Å². The molecule has 0 N–H and O–H groups in total. The van der Waals surface area contributed by atoms with Gasteiger partial charge in [0.05, 0.1) is 42.5 Å². The van der Waals surface area contributed by atoms with Gasteiger partial charge in [-0.3, -0.25) is 4.79 Å². The molecule has 3 rings (SSSR count). The first-order valence-electron chi connectivity index (χ1n) is 7.98. The van der Waals surface area contributed by atoms with Crippen molar-refractivity contribution >= 4 is 50.0 Å². The van der Waals surface area contributed by atoms with Gasteiger partial charge in [-0.25, -0.2) is 8.42 Å². The van der Waals surface area contributed by atoms with Gasteiger partial charge in [-0.1, -0.05) is 23.4 Å². The number of rotatable bonds is 5. The maximum absolute atomic E-state index is 12.1. The summed E-state index contributed by atoms with van der Waals surface area (Å²) < 4.78 is 39.8. The van der Waals surface area contributed by atoms with Crippen LogP contribution in [-0.4, -0.2) is 70.2 Å². The van der Waals surface area contributed by atoms with Gasteiger partial charge in [0.2, 0.25) is 0 Å². The molecule has 2 heterocycles. The molecule has 0 saturated carbocycles. The second-order valence-electron chi connectivity index (χ2n) is 6.05. The number of hydrogen-bond donors (Lipinski definition) is 0. The highest BCUT2D eigenvalue weighted by Gasteiger charge is 2.50. The van der Waals surface area contributed by atoms with Crippen LogP contribution < -0.4 is 14.4 Å². The molecule has 27 heavy (non-hydrogen) atoms. The van der Waals surface area contributed by atoms with Gasteiger partial charge in [0.25, 0.3) is 5.91 Å². The van der Waals surface area contributed by atoms with Crippen LogP contribution in [0, 0.1) is 0 Å². The first-order valence-corrected chi connectivity index (χ1v) is 11.1. The van der Waals surface area contributed by atoms with E-state index in [1.165, 1.54) is 33.1 Å². The average molecular weight is 435 g/mol. The lowest BCUT2D eigenvalue weighted by molar-refractivity contribution is -0.121. The molecule has 11 heteroatoms. The monoisotopic (exact) mass is 434 g/mol. The van der Waals surface area contributed by atoms with Gasteiger partial charge in [0, 0.05) is 18.4 Å². The van der Waals surface area contributed by atoms with E-state index in [9.17, 15) is 13.2 Å². The second kappa shape index (κ2) is 7.86. The number of thioether (sulfide) groups is 1. The molecule has 2 atom stereocenters. The molecule has 1 aromatic carbocycles. The number of halogens is 1. The third kappa shape index (κ3) is 4.03. The van der Waals surface area contributed by atoms with Crippen molar-refractivity contribution in [2.75, 3.05) is 44.3 Å². The number of fused-ring (bicyclic) bond motifs is 1. The minimum Gasteiger partial charge on any atom is -0.495 e. The van der Waals surface area contributed by atoms with E-state index in [2.05, 4.69) is 4.99 Å². The number of carbonyl (C=O) groups excluding carboxylic acids is 1. The molecule has 0 bridgehead atoms. The van der Waals surface area contributed by atoms with Crippen molar-refractivity contribution in [2.45, 2.75) is 11.3 Å². The summed E-state index contributed by atoms with van der Waals surface area (Å²) >= 11 is 7.55. The van der Waals surface area contributed by atoms with E-state index in [-0.39, 0.29) is 29.4 Å². The van der Waals surface area contributed by atoms with Gasteiger partial charge in [-0.05, 0) is 6.07 Å². The third-order valence-corrected chi connectivity index (χ3v) is 7.77. The Morgan fingerprint density at radius 2 is 1.96 bits per heavy atom.